The fourth-order valence-corrected chi connectivity index (χ4v) is 2.49. The highest BCUT2D eigenvalue weighted by Gasteiger charge is 2.28. The molecular weight excluding hydrogens is 358 g/mol. The molecule has 8 heteroatoms. The van der Waals surface area contributed by atoms with Crippen molar-refractivity contribution in [3.05, 3.63) is 36.2 Å². The number of ether oxygens (including phenoxy) is 1. The lowest BCUT2D eigenvalue weighted by molar-refractivity contribution is -0.124. The van der Waals surface area contributed by atoms with E-state index in [1.165, 1.54) is 6.21 Å². The van der Waals surface area contributed by atoms with E-state index in [0.29, 0.717) is 11.9 Å². The van der Waals surface area contributed by atoms with Crippen LogP contribution in [-0.2, 0) is 9.53 Å². The Morgan fingerprint density at radius 1 is 1.25 bits per heavy atom. The predicted molar refractivity (Wildman–Crippen MR) is 108 cm³/mol. The summed E-state index contributed by atoms with van der Waals surface area (Å²) in [5.74, 6) is -0.506. The number of carbonyl (C=O) groups is 2. The van der Waals surface area contributed by atoms with E-state index in [2.05, 4.69) is 25.8 Å². The minimum Gasteiger partial charge on any atom is -0.444 e. The fourth-order valence-electron chi connectivity index (χ4n) is 2.49. The summed E-state index contributed by atoms with van der Waals surface area (Å²) in [5.41, 5.74) is 4.00. The summed E-state index contributed by atoms with van der Waals surface area (Å²) in [6.45, 7) is 9.12. The lowest BCUT2D eigenvalue weighted by atomic mass is 9.99. The van der Waals surface area contributed by atoms with Crippen LogP contribution in [0.3, 0.4) is 0 Å². The number of aromatic nitrogens is 2. The molecule has 1 aromatic carbocycles. The van der Waals surface area contributed by atoms with Crippen LogP contribution in [0.25, 0.3) is 11.0 Å². The highest BCUT2D eigenvalue weighted by molar-refractivity contribution is 5.96. The van der Waals surface area contributed by atoms with E-state index in [0.717, 1.165) is 11.1 Å². The molecule has 0 aliphatic carbocycles. The number of rotatable bonds is 6. The fraction of sp³-hybridized carbons (Fsp3) is 0.450. The lowest BCUT2D eigenvalue weighted by Crippen LogP contribution is -2.50. The minimum atomic E-state index is -0.760. The smallest absolute Gasteiger partial charge is 0.408 e. The van der Waals surface area contributed by atoms with Gasteiger partial charge in [-0.1, -0.05) is 32.4 Å². The number of para-hydroxylation sites is 1. The number of fused-ring (bicyclic) bond motifs is 1. The van der Waals surface area contributed by atoms with Crippen molar-refractivity contribution in [3.8, 4) is 0 Å². The Morgan fingerprint density at radius 2 is 1.96 bits per heavy atom. The zero-order chi connectivity index (χ0) is 20.7. The Hall–Kier alpha value is -3.03. The van der Waals surface area contributed by atoms with Crippen LogP contribution in [0, 0.1) is 5.92 Å². The number of hydrogen-bond acceptors (Lipinski definition) is 6. The Morgan fingerprint density at radius 3 is 2.64 bits per heavy atom. The Bertz CT molecular complexity index is 855. The molecule has 0 aliphatic heterocycles. The molecule has 0 fully saturated rings. The van der Waals surface area contributed by atoms with Crippen molar-refractivity contribution in [3.63, 3.8) is 0 Å². The summed E-state index contributed by atoms with van der Waals surface area (Å²) in [6.07, 6.45) is 4.79. The maximum absolute atomic E-state index is 12.6. The van der Waals surface area contributed by atoms with Gasteiger partial charge in [0.1, 0.15) is 11.6 Å². The molecule has 2 rings (SSSR count). The molecule has 1 aromatic heterocycles. The summed E-state index contributed by atoms with van der Waals surface area (Å²) in [4.78, 5) is 33.2. The normalized spacial score (nSPS) is 13.9. The van der Waals surface area contributed by atoms with Gasteiger partial charge in [0, 0.05) is 18.0 Å². The van der Waals surface area contributed by atoms with Crippen molar-refractivity contribution in [2.45, 2.75) is 52.7 Å². The monoisotopic (exact) mass is 385 g/mol. The lowest BCUT2D eigenvalue weighted by Gasteiger charge is -2.25. The number of alkyl carbamates (subject to hydrolysis) is 1. The molecule has 0 saturated carbocycles. The van der Waals surface area contributed by atoms with Gasteiger partial charge in [-0.15, -0.1) is 0 Å². The number of benzene rings is 1. The molecule has 0 spiro atoms. The number of nitrogens with zero attached hydrogens (tertiary/aromatic N) is 3. The van der Waals surface area contributed by atoms with Crippen LogP contribution in [0.2, 0.25) is 0 Å². The molecule has 2 N–H and O–H groups in total. The second kappa shape index (κ2) is 9.25. The Labute approximate surface area is 164 Å². The second-order valence-electron chi connectivity index (χ2n) is 7.51. The minimum absolute atomic E-state index is 0.0915. The third kappa shape index (κ3) is 6.00. The first-order valence-corrected chi connectivity index (χ1v) is 9.23. The van der Waals surface area contributed by atoms with Gasteiger partial charge in [0.15, 0.2) is 0 Å². The molecule has 1 heterocycles. The molecule has 2 amide bonds. The molecule has 1 unspecified atom stereocenters. The summed E-state index contributed by atoms with van der Waals surface area (Å²) in [7, 11) is 0. The molecule has 0 aliphatic rings. The average Bonchev–Trinajstić information content (AvgIpc) is 2.64. The zero-order valence-corrected chi connectivity index (χ0v) is 16.9. The van der Waals surface area contributed by atoms with Gasteiger partial charge < -0.3 is 10.1 Å². The molecule has 28 heavy (non-hydrogen) atoms. The van der Waals surface area contributed by atoms with Gasteiger partial charge in [0.25, 0.3) is 5.91 Å². The van der Waals surface area contributed by atoms with Crippen molar-refractivity contribution < 1.29 is 14.3 Å². The maximum Gasteiger partial charge on any atom is 0.408 e. The number of nitrogens with one attached hydrogen (secondary N) is 2. The van der Waals surface area contributed by atoms with Gasteiger partial charge >= 0.3 is 6.09 Å². The van der Waals surface area contributed by atoms with E-state index in [-0.39, 0.29) is 5.92 Å². The van der Waals surface area contributed by atoms with Crippen molar-refractivity contribution >= 4 is 29.2 Å². The molecule has 2 atom stereocenters. The van der Waals surface area contributed by atoms with Crippen molar-refractivity contribution in [2.75, 3.05) is 0 Å². The summed E-state index contributed by atoms with van der Waals surface area (Å²) in [5, 5.41) is 6.66. The molecule has 8 nitrogen and oxygen atoms in total. The third-order valence-electron chi connectivity index (χ3n) is 4.08. The number of hydrogen-bond donors (Lipinski definition) is 2. The molecular formula is C20H27N5O3. The molecule has 0 saturated heterocycles. The standard InChI is InChI=1S/C20H27N5O3/c1-6-13(2)16(24-19(27)28-20(3,4)5)18(26)25-23-12-14-8-7-9-15-17(14)22-11-10-21-15/h7-13,16H,6H2,1-5H3,(H,24,27)(H,25,26)/b23-12+/t13?,16-/m0/s1. The maximum atomic E-state index is 12.6. The number of carbonyl (C=O) groups excluding carboxylic acids is 2. The van der Waals surface area contributed by atoms with Crippen molar-refractivity contribution in [2.24, 2.45) is 11.0 Å². The van der Waals surface area contributed by atoms with Crippen LogP contribution in [0.4, 0.5) is 4.79 Å². The first kappa shape index (κ1) is 21.3. The molecule has 150 valence electrons. The summed E-state index contributed by atoms with van der Waals surface area (Å²) >= 11 is 0. The van der Waals surface area contributed by atoms with Gasteiger partial charge in [-0.05, 0) is 32.8 Å². The average molecular weight is 385 g/mol. The zero-order valence-electron chi connectivity index (χ0n) is 16.9. The van der Waals surface area contributed by atoms with Crippen LogP contribution in [0.5, 0.6) is 0 Å². The van der Waals surface area contributed by atoms with E-state index < -0.39 is 23.6 Å². The SMILES string of the molecule is CCC(C)[C@H](NC(=O)OC(C)(C)C)C(=O)N/N=C/c1cccc2nccnc12. The van der Waals surface area contributed by atoms with E-state index in [9.17, 15) is 9.59 Å². The van der Waals surface area contributed by atoms with Gasteiger partial charge in [0.05, 0.1) is 17.2 Å². The van der Waals surface area contributed by atoms with Crippen LogP contribution in [0.1, 0.15) is 46.6 Å². The van der Waals surface area contributed by atoms with E-state index in [1.807, 2.05) is 32.0 Å². The van der Waals surface area contributed by atoms with Crippen LogP contribution < -0.4 is 10.7 Å². The van der Waals surface area contributed by atoms with Crippen molar-refractivity contribution in [1.29, 1.82) is 0 Å². The Kier molecular flexibility index (Phi) is 7.03. The number of amides is 2. The first-order chi connectivity index (χ1) is 13.2. The van der Waals surface area contributed by atoms with Gasteiger partial charge in [-0.3, -0.25) is 14.8 Å². The third-order valence-corrected chi connectivity index (χ3v) is 4.08. The largest absolute Gasteiger partial charge is 0.444 e. The van der Waals surface area contributed by atoms with Gasteiger partial charge in [-0.25, -0.2) is 10.2 Å². The Balaban J connectivity index is 2.08. The highest BCUT2D eigenvalue weighted by atomic mass is 16.6. The highest BCUT2D eigenvalue weighted by Crippen LogP contribution is 2.13. The quantitative estimate of drug-likeness (QED) is 0.587. The summed E-state index contributed by atoms with van der Waals surface area (Å²) < 4.78 is 5.25. The first-order valence-electron chi connectivity index (χ1n) is 9.23. The van der Waals surface area contributed by atoms with Crippen LogP contribution in [0.15, 0.2) is 35.7 Å². The van der Waals surface area contributed by atoms with E-state index in [1.54, 1.807) is 33.2 Å². The number of hydrazone groups is 1. The molecule has 2 aromatic rings. The second-order valence-corrected chi connectivity index (χ2v) is 7.51. The van der Waals surface area contributed by atoms with Gasteiger partial charge in [-0.2, -0.15) is 5.10 Å². The van der Waals surface area contributed by atoms with E-state index >= 15 is 0 Å². The van der Waals surface area contributed by atoms with Crippen molar-refractivity contribution in [1.82, 2.24) is 20.7 Å². The predicted octanol–water partition coefficient (Wildman–Crippen LogP) is 3.02. The van der Waals surface area contributed by atoms with Crippen LogP contribution >= 0.6 is 0 Å². The topological polar surface area (TPSA) is 106 Å². The van der Waals surface area contributed by atoms with E-state index in [4.69, 9.17) is 4.74 Å². The summed E-state index contributed by atoms with van der Waals surface area (Å²) in [6, 6.07) is 4.76. The molecule has 0 radical (unpaired) electrons. The van der Waals surface area contributed by atoms with Gasteiger partial charge in [0.2, 0.25) is 0 Å². The van der Waals surface area contributed by atoms with Crippen LogP contribution in [-0.4, -0.2) is 39.8 Å². The molecule has 0 bridgehead atoms.